The van der Waals surface area contributed by atoms with Crippen molar-refractivity contribution >= 4 is 0 Å². The molecule has 0 bridgehead atoms. The van der Waals surface area contributed by atoms with Crippen molar-refractivity contribution in [2.45, 2.75) is 32.4 Å². The summed E-state index contributed by atoms with van der Waals surface area (Å²) < 4.78 is 0. The van der Waals surface area contributed by atoms with Gasteiger partial charge in [0.2, 0.25) is 0 Å². The molecule has 0 aromatic carbocycles. The van der Waals surface area contributed by atoms with Crippen molar-refractivity contribution in [3.05, 3.63) is 0 Å². The van der Waals surface area contributed by atoms with Gasteiger partial charge in [0.05, 0.1) is 18.2 Å². The third-order valence-electron chi connectivity index (χ3n) is 1.21. The van der Waals surface area contributed by atoms with E-state index in [0.29, 0.717) is 13.0 Å². The lowest BCUT2D eigenvalue weighted by atomic mass is 10.3. The fraction of sp³-hybridized carbons (Fsp3) is 0.857. The maximum Gasteiger partial charge on any atom is 0.0924 e. The number of aliphatic hydroxyl groups is 1. The lowest BCUT2D eigenvalue weighted by molar-refractivity contribution is 0.183. The van der Waals surface area contributed by atoms with Crippen molar-refractivity contribution in [1.82, 2.24) is 5.32 Å². The molecule has 0 spiro atoms. The Labute approximate surface area is 61.7 Å². The van der Waals surface area contributed by atoms with Crippen LogP contribution in [0.1, 0.15) is 20.3 Å². The molecule has 0 aromatic heterocycles. The number of hydrogen-bond donors (Lipinski definition) is 2. The van der Waals surface area contributed by atoms with E-state index in [9.17, 15) is 0 Å². The van der Waals surface area contributed by atoms with Gasteiger partial charge in [-0.1, -0.05) is 0 Å². The van der Waals surface area contributed by atoms with Crippen LogP contribution >= 0.6 is 0 Å². The first-order valence-electron chi connectivity index (χ1n) is 3.48. The van der Waals surface area contributed by atoms with Gasteiger partial charge in [0.15, 0.2) is 0 Å². The molecular weight excluding hydrogens is 128 g/mol. The van der Waals surface area contributed by atoms with Gasteiger partial charge in [0.25, 0.3) is 0 Å². The summed E-state index contributed by atoms with van der Waals surface area (Å²) in [6, 6.07) is 1.93. The van der Waals surface area contributed by atoms with E-state index in [4.69, 9.17) is 10.4 Å². The third-order valence-corrected chi connectivity index (χ3v) is 1.21. The topological polar surface area (TPSA) is 56.0 Å². The van der Waals surface area contributed by atoms with E-state index in [1.807, 2.05) is 6.07 Å². The summed E-state index contributed by atoms with van der Waals surface area (Å²) in [6.07, 6.45) is 0.421. The van der Waals surface area contributed by atoms with Gasteiger partial charge in [-0.05, 0) is 26.8 Å². The summed E-state index contributed by atoms with van der Waals surface area (Å²) in [5.74, 6) is 0. The Hall–Kier alpha value is -0.590. The Balaban J connectivity index is 3.13. The first-order valence-corrected chi connectivity index (χ1v) is 3.48. The van der Waals surface area contributed by atoms with E-state index in [-0.39, 0.29) is 12.1 Å². The number of rotatable bonds is 4. The largest absolute Gasteiger partial charge is 0.393 e. The van der Waals surface area contributed by atoms with Gasteiger partial charge in [0, 0.05) is 0 Å². The first kappa shape index (κ1) is 9.41. The fourth-order valence-electron chi connectivity index (χ4n) is 0.554. The van der Waals surface area contributed by atoms with Crippen LogP contribution in [0.25, 0.3) is 0 Å². The van der Waals surface area contributed by atoms with E-state index in [1.165, 1.54) is 0 Å². The molecule has 0 heterocycles. The summed E-state index contributed by atoms with van der Waals surface area (Å²) in [5, 5.41) is 20.1. The Bertz CT molecular complexity index is 117. The zero-order valence-electron chi connectivity index (χ0n) is 6.46. The van der Waals surface area contributed by atoms with Gasteiger partial charge in [-0.15, -0.1) is 0 Å². The zero-order chi connectivity index (χ0) is 7.98. The van der Waals surface area contributed by atoms with E-state index < -0.39 is 0 Å². The number of hydrogen-bond acceptors (Lipinski definition) is 3. The molecule has 2 unspecified atom stereocenters. The smallest absolute Gasteiger partial charge is 0.0924 e. The number of aliphatic hydroxyl groups excluding tert-OH is 1. The molecule has 0 aromatic rings. The van der Waals surface area contributed by atoms with Crippen molar-refractivity contribution in [1.29, 1.82) is 5.26 Å². The molecule has 2 N–H and O–H groups in total. The van der Waals surface area contributed by atoms with E-state index in [0.717, 1.165) is 0 Å². The van der Waals surface area contributed by atoms with Crippen LogP contribution in [0.2, 0.25) is 0 Å². The van der Waals surface area contributed by atoms with Gasteiger partial charge in [0.1, 0.15) is 0 Å². The van der Waals surface area contributed by atoms with Crippen LogP contribution in [0.4, 0.5) is 0 Å². The van der Waals surface area contributed by atoms with Crippen molar-refractivity contribution in [3.8, 4) is 6.07 Å². The van der Waals surface area contributed by atoms with Crippen LogP contribution in [0.15, 0.2) is 0 Å². The van der Waals surface area contributed by atoms with Crippen molar-refractivity contribution in [2.75, 3.05) is 6.54 Å². The molecule has 3 nitrogen and oxygen atoms in total. The van der Waals surface area contributed by atoms with Crippen LogP contribution < -0.4 is 5.32 Å². The van der Waals surface area contributed by atoms with Crippen LogP contribution in [-0.2, 0) is 0 Å². The first-order chi connectivity index (χ1) is 4.66. The van der Waals surface area contributed by atoms with Gasteiger partial charge in [-0.3, -0.25) is 0 Å². The molecule has 0 fully saturated rings. The summed E-state index contributed by atoms with van der Waals surface area (Å²) in [6.45, 7) is 4.23. The Kier molecular flexibility index (Phi) is 4.91. The molecule has 0 saturated heterocycles. The van der Waals surface area contributed by atoms with Gasteiger partial charge >= 0.3 is 0 Å². The molecule has 0 aliphatic carbocycles. The maximum atomic E-state index is 8.82. The molecule has 0 rings (SSSR count). The number of nitrogens with one attached hydrogen (secondary N) is 1. The summed E-state index contributed by atoms with van der Waals surface area (Å²) in [4.78, 5) is 0. The molecule has 0 saturated carbocycles. The molecular formula is C7H14N2O. The normalized spacial score (nSPS) is 15.8. The molecule has 0 aliphatic rings. The SMILES string of the molecule is CC(O)CCNC(C)C#N. The fourth-order valence-corrected chi connectivity index (χ4v) is 0.554. The van der Waals surface area contributed by atoms with Crippen LogP contribution in [0, 0.1) is 11.3 Å². The molecule has 10 heavy (non-hydrogen) atoms. The molecule has 3 heteroatoms. The minimum Gasteiger partial charge on any atom is -0.393 e. The molecule has 0 aliphatic heterocycles. The van der Waals surface area contributed by atoms with Crippen LogP contribution in [0.5, 0.6) is 0 Å². The second-order valence-electron chi connectivity index (χ2n) is 2.44. The van der Waals surface area contributed by atoms with Gasteiger partial charge in [-0.2, -0.15) is 5.26 Å². The van der Waals surface area contributed by atoms with Crippen molar-refractivity contribution in [3.63, 3.8) is 0 Å². The Morgan fingerprint density at radius 1 is 1.60 bits per heavy atom. The summed E-state index contributed by atoms with van der Waals surface area (Å²) in [7, 11) is 0. The lowest BCUT2D eigenvalue weighted by Crippen LogP contribution is -2.27. The van der Waals surface area contributed by atoms with Crippen molar-refractivity contribution in [2.24, 2.45) is 0 Å². The number of nitriles is 1. The Morgan fingerprint density at radius 2 is 2.20 bits per heavy atom. The standard InChI is InChI=1S/C7H14N2O/c1-6(5-8)9-4-3-7(2)10/h6-7,9-10H,3-4H2,1-2H3. The summed E-state index contributed by atoms with van der Waals surface area (Å²) >= 11 is 0. The number of nitrogens with zero attached hydrogens (tertiary/aromatic N) is 1. The predicted octanol–water partition coefficient (Wildman–Crippen LogP) is 0.259. The second kappa shape index (κ2) is 5.21. The van der Waals surface area contributed by atoms with Gasteiger partial charge < -0.3 is 10.4 Å². The molecule has 0 amide bonds. The summed E-state index contributed by atoms with van der Waals surface area (Å²) in [5.41, 5.74) is 0. The molecule has 0 radical (unpaired) electrons. The highest BCUT2D eigenvalue weighted by atomic mass is 16.3. The van der Waals surface area contributed by atoms with E-state index in [2.05, 4.69) is 5.32 Å². The van der Waals surface area contributed by atoms with Crippen molar-refractivity contribution < 1.29 is 5.11 Å². The van der Waals surface area contributed by atoms with Crippen LogP contribution in [0.3, 0.4) is 0 Å². The van der Waals surface area contributed by atoms with Gasteiger partial charge in [-0.25, -0.2) is 0 Å². The Morgan fingerprint density at radius 3 is 2.60 bits per heavy atom. The van der Waals surface area contributed by atoms with E-state index >= 15 is 0 Å². The average molecular weight is 142 g/mol. The highest BCUT2D eigenvalue weighted by molar-refractivity contribution is 4.84. The third kappa shape index (κ3) is 5.54. The monoisotopic (exact) mass is 142 g/mol. The zero-order valence-corrected chi connectivity index (χ0v) is 6.46. The average Bonchev–Trinajstić information content (AvgIpc) is 1.87. The highest BCUT2D eigenvalue weighted by Crippen LogP contribution is 1.86. The maximum absolute atomic E-state index is 8.82. The van der Waals surface area contributed by atoms with Crippen LogP contribution in [-0.4, -0.2) is 23.8 Å². The van der Waals surface area contributed by atoms with E-state index in [1.54, 1.807) is 13.8 Å². The molecule has 58 valence electrons. The highest BCUT2D eigenvalue weighted by Gasteiger charge is 1.98. The lowest BCUT2D eigenvalue weighted by Gasteiger charge is -2.06. The molecule has 2 atom stereocenters. The minimum absolute atomic E-state index is 0.112. The minimum atomic E-state index is -0.279. The predicted molar refractivity (Wildman–Crippen MR) is 39.4 cm³/mol. The second-order valence-corrected chi connectivity index (χ2v) is 2.44. The quantitative estimate of drug-likeness (QED) is 0.592.